The summed E-state index contributed by atoms with van der Waals surface area (Å²) in [6, 6.07) is 28.7. The van der Waals surface area contributed by atoms with E-state index in [1.807, 2.05) is 36.4 Å². The molecule has 0 spiro atoms. The molecule has 3 heteroatoms. The van der Waals surface area contributed by atoms with Crippen LogP contribution in [0.2, 0.25) is 0 Å². The molecule has 0 fully saturated rings. The zero-order valence-electron chi connectivity index (χ0n) is 15.8. The Bertz CT molecular complexity index is 1490. The van der Waals surface area contributed by atoms with Gasteiger partial charge in [-0.2, -0.15) is 0 Å². The summed E-state index contributed by atoms with van der Waals surface area (Å²) in [6.07, 6.45) is 0. The van der Waals surface area contributed by atoms with Gasteiger partial charge in [0.1, 0.15) is 16.7 Å². The molecule has 138 valence electrons. The summed E-state index contributed by atoms with van der Waals surface area (Å²) in [5.74, 6) is 0.626. The first-order valence-corrected chi connectivity index (χ1v) is 9.65. The monoisotopic (exact) mass is 375 g/mol. The number of benzene rings is 4. The fraction of sp³-hybridized carbons (Fsp3) is 0.0385. The van der Waals surface area contributed by atoms with E-state index < -0.39 is 0 Å². The molecule has 0 radical (unpaired) electrons. The third-order valence-corrected chi connectivity index (χ3v) is 5.44. The van der Waals surface area contributed by atoms with Crippen LogP contribution in [-0.4, -0.2) is 4.98 Å². The molecule has 0 atom stereocenters. The van der Waals surface area contributed by atoms with Crippen LogP contribution in [0.4, 0.5) is 0 Å². The largest absolute Gasteiger partial charge is 0.455 e. The second kappa shape index (κ2) is 6.08. The lowest BCUT2D eigenvalue weighted by atomic mass is 10.0. The number of nitrogens with zero attached hydrogens (tertiary/aromatic N) is 1. The van der Waals surface area contributed by atoms with E-state index in [2.05, 4.69) is 60.4 Å². The summed E-state index contributed by atoms with van der Waals surface area (Å²) in [7, 11) is 0. The Hall–Kier alpha value is -3.85. The minimum absolute atomic E-state index is 0.626. The van der Waals surface area contributed by atoms with Gasteiger partial charge in [-0.3, -0.25) is 0 Å². The number of rotatable bonds is 2. The van der Waals surface area contributed by atoms with Crippen LogP contribution in [0.15, 0.2) is 93.8 Å². The Morgan fingerprint density at radius 1 is 0.655 bits per heavy atom. The molecule has 0 saturated heterocycles. The van der Waals surface area contributed by atoms with Gasteiger partial charge < -0.3 is 8.83 Å². The Balaban J connectivity index is 1.55. The number of oxazole rings is 1. The van der Waals surface area contributed by atoms with Gasteiger partial charge in [0.05, 0.1) is 0 Å². The SMILES string of the molecule is Cc1cccc2c1oc1c(-c3cccc(-c4nc5ccccc5o4)c3)cccc12. The lowest BCUT2D eigenvalue weighted by Crippen LogP contribution is -1.82. The summed E-state index contributed by atoms with van der Waals surface area (Å²) < 4.78 is 12.3. The zero-order chi connectivity index (χ0) is 19.4. The van der Waals surface area contributed by atoms with Crippen molar-refractivity contribution in [2.24, 2.45) is 0 Å². The van der Waals surface area contributed by atoms with E-state index in [1.54, 1.807) is 0 Å². The normalized spacial score (nSPS) is 11.6. The van der Waals surface area contributed by atoms with Crippen LogP contribution < -0.4 is 0 Å². The molecule has 29 heavy (non-hydrogen) atoms. The number of fused-ring (bicyclic) bond motifs is 4. The zero-order valence-corrected chi connectivity index (χ0v) is 15.8. The smallest absolute Gasteiger partial charge is 0.227 e. The average molecular weight is 375 g/mol. The van der Waals surface area contributed by atoms with Crippen LogP contribution in [0.1, 0.15) is 5.56 Å². The molecule has 3 nitrogen and oxygen atoms in total. The number of hydrogen-bond donors (Lipinski definition) is 0. The summed E-state index contributed by atoms with van der Waals surface area (Å²) in [6.45, 7) is 2.08. The number of para-hydroxylation sites is 4. The van der Waals surface area contributed by atoms with E-state index in [9.17, 15) is 0 Å². The molecule has 0 aliphatic carbocycles. The highest BCUT2D eigenvalue weighted by molar-refractivity contribution is 6.10. The number of hydrogen-bond acceptors (Lipinski definition) is 3. The molecule has 0 N–H and O–H groups in total. The van der Waals surface area contributed by atoms with Gasteiger partial charge in [0.25, 0.3) is 0 Å². The predicted octanol–water partition coefficient (Wildman–Crippen LogP) is 7.37. The molecule has 0 saturated carbocycles. The van der Waals surface area contributed by atoms with Crippen molar-refractivity contribution in [3.8, 4) is 22.6 Å². The summed E-state index contributed by atoms with van der Waals surface area (Å²) in [5.41, 5.74) is 7.75. The van der Waals surface area contributed by atoms with Crippen molar-refractivity contribution in [1.82, 2.24) is 4.98 Å². The van der Waals surface area contributed by atoms with E-state index in [1.165, 1.54) is 0 Å². The lowest BCUT2D eigenvalue weighted by Gasteiger charge is -2.04. The van der Waals surface area contributed by atoms with Gasteiger partial charge in [-0.05, 0) is 42.3 Å². The predicted molar refractivity (Wildman–Crippen MR) is 117 cm³/mol. The summed E-state index contributed by atoms with van der Waals surface area (Å²) in [4.78, 5) is 4.64. The van der Waals surface area contributed by atoms with Crippen LogP contribution >= 0.6 is 0 Å². The summed E-state index contributed by atoms with van der Waals surface area (Å²) >= 11 is 0. The Labute approximate surface area is 167 Å². The van der Waals surface area contributed by atoms with Crippen LogP contribution in [0.25, 0.3) is 55.6 Å². The maximum Gasteiger partial charge on any atom is 0.227 e. The number of aromatic nitrogens is 1. The maximum atomic E-state index is 6.32. The number of furan rings is 1. The van der Waals surface area contributed by atoms with Crippen molar-refractivity contribution in [3.63, 3.8) is 0 Å². The third-order valence-electron chi connectivity index (χ3n) is 5.44. The van der Waals surface area contributed by atoms with Crippen LogP contribution in [0, 0.1) is 6.92 Å². The van der Waals surface area contributed by atoms with E-state index in [4.69, 9.17) is 8.83 Å². The molecule has 6 aromatic rings. The minimum atomic E-state index is 0.626. The van der Waals surface area contributed by atoms with Crippen molar-refractivity contribution < 1.29 is 8.83 Å². The van der Waals surface area contributed by atoms with Crippen molar-refractivity contribution in [1.29, 1.82) is 0 Å². The van der Waals surface area contributed by atoms with Crippen molar-refractivity contribution in [3.05, 3.63) is 90.5 Å². The molecule has 6 rings (SSSR count). The third kappa shape index (κ3) is 2.48. The van der Waals surface area contributed by atoms with E-state index in [-0.39, 0.29) is 0 Å². The molecule has 2 heterocycles. The van der Waals surface area contributed by atoms with Gasteiger partial charge in [-0.25, -0.2) is 4.98 Å². The average Bonchev–Trinajstić information content (AvgIpc) is 3.36. The Morgan fingerprint density at radius 2 is 1.41 bits per heavy atom. The first-order chi connectivity index (χ1) is 14.3. The van der Waals surface area contributed by atoms with Gasteiger partial charge in [-0.15, -0.1) is 0 Å². The first kappa shape index (κ1) is 16.1. The van der Waals surface area contributed by atoms with Crippen molar-refractivity contribution in [2.45, 2.75) is 6.92 Å². The first-order valence-electron chi connectivity index (χ1n) is 9.65. The van der Waals surface area contributed by atoms with Gasteiger partial charge >= 0.3 is 0 Å². The topological polar surface area (TPSA) is 39.2 Å². The second-order valence-electron chi connectivity index (χ2n) is 7.30. The molecule has 0 amide bonds. The highest BCUT2D eigenvalue weighted by atomic mass is 16.3. The standard InChI is InChI=1S/C26H17NO2/c1-16-7-4-11-20-21-12-6-10-19(25(21)29-24(16)20)17-8-5-9-18(15-17)26-27-22-13-2-3-14-23(22)28-26/h2-15H,1H3. The fourth-order valence-corrected chi connectivity index (χ4v) is 4.00. The molecular weight excluding hydrogens is 358 g/mol. The fourth-order valence-electron chi connectivity index (χ4n) is 4.00. The maximum absolute atomic E-state index is 6.32. The van der Waals surface area contributed by atoms with Gasteiger partial charge in [0, 0.05) is 21.9 Å². The molecule has 0 bridgehead atoms. The van der Waals surface area contributed by atoms with Crippen molar-refractivity contribution in [2.75, 3.05) is 0 Å². The highest BCUT2D eigenvalue weighted by Gasteiger charge is 2.14. The molecule has 0 aliphatic heterocycles. The van der Waals surface area contributed by atoms with Gasteiger partial charge in [0.2, 0.25) is 5.89 Å². The van der Waals surface area contributed by atoms with Crippen molar-refractivity contribution >= 4 is 33.0 Å². The van der Waals surface area contributed by atoms with Gasteiger partial charge in [-0.1, -0.05) is 60.7 Å². The second-order valence-corrected chi connectivity index (χ2v) is 7.30. The molecule has 0 aliphatic rings. The quantitative estimate of drug-likeness (QED) is 0.317. The molecule has 0 unspecified atom stereocenters. The van der Waals surface area contributed by atoms with Gasteiger partial charge in [0.15, 0.2) is 5.58 Å². The molecular formula is C26H17NO2. The van der Waals surface area contributed by atoms with E-state index in [0.29, 0.717) is 5.89 Å². The Morgan fingerprint density at radius 3 is 2.31 bits per heavy atom. The minimum Gasteiger partial charge on any atom is -0.455 e. The van der Waals surface area contributed by atoms with Crippen LogP contribution in [0.5, 0.6) is 0 Å². The lowest BCUT2D eigenvalue weighted by molar-refractivity contribution is 0.620. The van der Waals surface area contributed by atoms with E-state index >= 15 is 0 Å². The Kier molecular flexibility index (Phi) is 3.38. The van der Waals surface area contributed by atoms with Crippen LogP contribution in [-0.2, 0) is 0 Å². The number of aryl methyl sites for hydroxylation is 1. The van der Waals surface area contributed by atoms with E-state index in [0.717, 1.165) is 55.3 Å². The molecule has 2 aromatic heterocycles. The van der Waals surface area contributed by atoms with Crippen LogP contribution in [0.3, 0.4) is 0 Å². The highest BCUT2D eigenvalue weighted by Crippen LogP contribution is 2.37. The molecule has 4 aromatic carbocycles. The summed E-state index contributed by atoms with van der Waals surface area (Å²) in [5, 5.41) is 2.28.